The average molecular weight is 234 g/mol. The van der Waals surface area contributed by atoms with Gasteiger partial charge in [0.05, 0.1) is 12.1 Å². The molecule has 0 aromatic heterocycles. The van der Waals surface area contributed by atoms with Crippen LogP contribution >= 0.6 is 0 Å². The van der Waals surface area contributed by atoms with Crippen molar-refractivity contribution in [2.45, 2.75) is 38.5 Å². The van der Waals surface area contributed by atoms with Gasteiger partial charge in [0, 0.05) is 18.3 Å². The molecule has 2 rings (SSSR count). The average Bonchev–Trinajstić information content (AvgIpc) is 2.36. The van der Waals surface area contributed by atoms with Crippen molar-refractivity contribution in [3.63, 3.8) is 0 Å². The fraction of sp³-hybridized carbons (Fsp3) is 0.571. The monoisotopic (exact) mass is 234 g/mol. The Morgan fingerprint density at radius 2 is 2.06 bits per heavy atom. The molecule has 0 aliphatic carbocycles. The second-order valence-corrected chi connectivity index (χ2v) is 4.86. The number of nitrogens with zero attached hydrogens (tertiary/aromatic N) is 1. The van der Waals surface area contributed by atoms with Gasteiger partial charge in [0.2, 0.25) is 0 Å². The van der Waals surface area contributed by atoms with E-state index < -0.39 is 0 Å². The summed E-state index contributed by atoms with van der Waals surface area (Å²) in [5.41, 5.74) is 2.60. The molecule has 0 saturated carbocycles. The molecule has 0 amide bonds. The van der Waals surface area contributed by atoms with Gasteiger partial charge >= 0.3 is 0 Å². The summed E-state index contributed by atoms with van der Waals surface area (Å²) in [5.74, 6) is 0. The zero-order valence-corrected chi connectivity index (χ0v) is 10.9. The lowest BCUT2D eigenvalue weighted by Gasteiger charge is -2.40. The quantitative estimate of drug-likeness (QED) is 0.839. The van der Waals surface area contributed by atoms with Gasteiger partial charge in [-0.3, -0.25) is 0 Å². The highest BCUT2D eigenvalue weighted by molar-refractivity contribution is 5.57. The van der Waals surface area contributed by atoms with Gasteiger partial charge in [0.1, 0.15) is 0 Å². The fourth-order valence-electron chi connectivity index (χ4n) is 2.57. The van der Waals surface area contributed by atoms with Gasteiger partial charge in [-0.05, 0) is 38.9 Å². The zero-order chi connectivity index (χ0) is 12.4. The summed E-state index contributed by atoms with van der Waals surface area (Å²) in [5, 5.41) is 13.1. The topological polar surface area (TPSA) is 35.5 Å². The first kappa shape index (κ1) is 12.4. The first-order chi connectivity index (χ1) is 8.15. The molecule has 0 bridgehead atoms. The second kappa shape index (κ2) is 5.07. The normalized spacial score (nSPS) is 23.1. The van der Waals surface area contributed by atoms with Crippen LogP contribution in [0, 0.1) is 0 Å². The van der Waals surface area contributed by atoms with Crippen LogP contribution in [-0.4, -0.2) is 30.8 Å². The van der Waals surface area contributed by atoms with E-state index in [1.54, 1.807) is 0 Å². The Hall–Kier alpha value is -1.06. The Bertz CT molecular complexity index is 378. The number of nitrogens with one attached hydrogen (secondary N) is 1. The number of anilines is 1. The van der Waals surface area contributed by atoms with E-state index in [1.165, 1.54) is 11.3 Å². The van der Waals surface area contributed by atoms with Crippen LogP contribution in [0.15, 0.2) is 24.3 Å². The van der Waals surface area contributed by atoms with Crippen molar-refractivity contribution in [3.8, 4) is 0 Å². The van der Waals surface area contributed by atoms with Crippen LogP contribution in [0.5, 0.6) is 0 Å². The molecule has 0 fully saturated rings. The van der Waals surface area contributed by atoms with Crippen molar-refractivity contribution in [1.82, 2.24) is 5.32 Å². The van der Waals surface area contributed by atoms with Crippen molar-refractivity contribution in [2.75, 3.05) is 18.5 Å². The molecule has 0 saturated heterocycles. The molecule has 1 aromatic rings. The molecule has 3 unspecified atom stereocenters. The first-order valence-electron chi connectivity index (χ1n) is 6.36. The predicted molar refractivity (Wildman–Crippen MR) is 71.3 cm³/mol. The molecule has 0 spiro atoms. The Morgan fingerprint density at radius 1 is 1.35 bits per heavy atom. The predicted octanol–water partition coefficient (Wildman–Crippen LogP) is 1.93. The number of hydrogen-bond acceptors (Lipinski definition) is 3. The maximum absolute atomic E-state index is 9.76. The number of fused-ring (bicyclic) bond motifs is 1. The molecule has 0 radical (unpaired) electrons. The number of rotatable bonds is 3. The van der Waals surface area contributed by atoms with Crippen LogP contribution in [-0.2, 0) is 0 Å². The Morgan fingerprint density at radius 3 is 2.71 bits per heavy atom. The molecule has 1 heterocycles. The van der Waals surface area contributed by atoms with E-state index in [9.17, 15) is 5.11 Å². The van der Waals surface area contributed by atoms with Crippen LogP contribution < -0.4 is 10.2 Å². The molecular formula is C14H22N2O. The molecule has 1 aromatic carbocycles. The minimum Gasteiger partial charge on any atom is -0.391 e. The van der Waals surface area contributed by atoms with Gasteiger partial charge < -0.3 is 15.3 Å². The summed E-state index contributed by atoms with van der Waals surface area (Å²) in [6, 6.07) is 9.07. The van der Waals surface area contributed by atoms with E-state index >= 15 is 0 Å². The molecule has 17 heavy (non-hydrogen) atoms. The first-order valence-corrected chi connectivity index (χ1v) is 6.36. The van der Waals surface area contributed by atoms with E-state index in [-0.39, 0.29) is 12.1 Å². The van der Waals surface area contributed by atoms with E-state index in [4.69, 9.17) is 0 Å². The third-order valence-electron chi connectivity index (χ3n) is 3.82. The number of benzene rings is 1. The van der Waals surface area contributed by atoms with Crippen LogP contribution in [0.3, 0.4) is 0 Å². The summed E-state index contributed by atoms with van der Waals surface area (Å²) in [4.78, 5) is 2.31. The lowest BCUT2D eigenvalue weighted by Crippen LogP contribution is -2.45. The summed E-state index contributed by atoms with van der Waals surface area (Å²) in [7, 11) is 2.01. The van der Waals surface area contributed by atoms with E-state index in [0.717, 1.165) is 13.0 Å². The number of hydrogen-bond donors (Lipinski definition) is 2. The Balaban J connectivity index is 2.34. The second-order valence-electron chi connectivity index (χ2n) is 4.86. The van der Waals surface area contributed by atoms with Crippen LogP contribution in [0.25, 0.3) is 0 Å². The maximum Gasteiger partial charge on any atom is 0.0712 e. The highest BCUT2D eigenvalue weighted by atomic mass is 16.3. The van der Waals surface area contributed by atoms with Crippen molar-refractivity contribution < 1.29 is 5.11 Å². The SMILES string of the molecule is CNC1CCN(C(C)C(C)O)c2ccccc21. The largest absolute Gasteiger partial charge is 0.391 e. The van der Waals surface area contributed by atoms with E-state index in [0.29, 0.717) is 6.04 Å². The molecular weight excluding hydrogens is 212 g/mol. The molecule has 2 N–H and O–H groups in total. The molecule has 1 aliphatic heterocycles. The van der Waals surface area contributed by atoms with Crippen LogP contribution in [0.2, 0.25) is 0 Å². The minimum absolute atomic E-state index is 0.161. The number of aliphatic hydroxyl groups is 1. The van der Waals surface area contributed by atoms with Crippen LogP contribution in [0.1, 0.15) is 31.9 Å². The summed E-state index contributed by atoms with van der Waals surface area (Å²) in [6.07, 6.45) is 0.777. The van der Waals surface area contributed by atoms with Crippen molar-refractivity contribution >= 4 is 5.69 Å². The summed E-state index contributed by atoms with van der Waals surface area (Å²) in [6.45, 7) is 4.94. The van der Waals surface area contributed by atoms with Crippen molar-refractivity contribution in [2.24, 2.45) is 0 Å². The van der Waals surface area contributed by atoms with Gasteiger partial charge in [0.15, 0.2) is 0 Å². The number of aliphatic hydroxyl groups excluding tert-OH is 1. The minimum atomic E-state index is -0.311. The molecule has 3 heteroatoms. The molecule has 94 valence electrons. The Labute approximate surface area is 103 Å². The molecule has 3 atom stereocenters. The fourth-order valence-corrected chi connectivity index (χ4v) is 2.57. The van der Waals surface area contributed by atoms with Gasteiger partial charge in [-0.1, -0.05) is 18.2 Å². The maximum atomic E-state index is 9.76. The third kappa shape index (κ3) is 2.31. The van der Waals surface area contributed by atoms with Gasteiger partial charge in [-0.25, -0.2) is 0 Å². The molecule has 3 nitrogen and oxygen atoms in total. The van der Waals surface area contributed by atoms with E-state index in [1.807, 2.05) is 14.0 Å². The van der Waals surface area contributed by atoms with E-state index in [2.05, 4.69) is 41.4 Å². The number of para-hydroxylation sites is 1. The zero-order valence-electron chi connectivity index (χ0n) is 10.9. The van der Waals surface area contributed by atoms with Crippen molar-refractivity contribution in [3.05, 3.63) is 29.8 Å². The van der Waals surface area contributed by atoms with Gasteiger partial charge in [0.25, 0.3) is 0 Å². The smallest absolute Gasteiger partial charge is 0.0712 e. The van der Waals surface area contributed by atoms with Crippen molar-refractivity contribution in [1.29, 1.82) is 0 Å². The lowest BCUT2D eigenvalue weighted by atomic mass is 9.94. The Kier molecular flexibility index (Phi) is 3.69. The summed E-state index contributed by atoms with van der Waals surface area (Å²) < 4.78 is 0. The molecule has 1 aliphatic rings. The summed E-state index contributed by atoms with van der Waals surface area (Å²) >= 11 is 0. The van der Waals surface area contributed by atoms with Gasteiger partial charge in [-0.2, -0.15) is 0 Å². The highest BCUT2D eigenvalue weighted by Gasteiger charge is 2.28. The standard InChI is InChI=1S/C14H22N2O/c1-10(11(2)17)16-9-8-13(15-3)12-6-4-5-7-14(12)16/h4-7,10-11,13,15,17H,8-9H2,1-3H3. The van der Waals surface area contributed by atoms with Crippen LogP contribution in [0.4, 0.5) is 5.69 Å². The highest BCUT2D eigenvalue weighted by Crippen LogP contribution is 2.34. The van der Waals surface area contributed by atoms with Gasteiger partial charge in [-0.15, -0.1) is 0 Å². The third-order valence-corrected chi connectivity index (χ3v) is 3.82. The lowest BCUT2D eigenvalue weighted by molar-refractivity contribution is 0.164.